The SMILES string of the molecule is CCc1nc(C(=O)OC)c(N)n1-c1cc(Cl)ccc1F. The van der Waals surface area contributed by atoms with Crippen molar-refractivity contribution in [3.63, 3.8) is 0 Å². The van der Waals surface area contributed by atoms with Gasteiger partial charge in [-0.2, -0.15) is 0 Å². The molecule has 0 saturated heterocycles. The van der Waals surface area contributed by atoms with Crippen molar-refractivity contribution in [2.45, 2.75) is 13.3 Å². The molecule has 0 amide bonds. The number of ether oxygens (including phenoxy) is 1. The number of hydrogen-bond acceptors (Lipinski definition) is 4. The van der Waals surface area contributed by atoms with Crippen LogP contribution in [0.25, 0.3) is 5.69 Å². The lowest BCUT2D eigenvalue weighted by Crippen LogP contribution is -2.09. The number of esters is 1. The minimum atomic E-state index is -0.668. The largest absolute Gasteiger partial charge is 0.464 e. The van der Waals surface area contributed by atoms with Crippen LogP contribution in [-0.2, 0) is 11.2 Å². The van der Waals surface area contributed by atoms with E-state index in [2.05, 4.69) is 9.72 Å². The Morgan fingerprint density at radius 3 is 2.85 bits per heavy atom. The molecule has 0 radical (unpaired) electrons. The quantitative estimate of drug-likeness (QED) is 0.884. The molecular formula is C13H13ClFN3O2. The maximum absolute atomic E-state index is 14.0. The van der Waals surface area contributed by atoms with Crippen LogP contribution < -0.4 is 5.73 Å². The third-order valence-corrected chi connectivity index (χ3v) is 3.06. The van der Waals surface area contributed by atoms with Gasteiger partial charge in [-0.25, -0.2) is 14.2 Å². The van der Waals surface area contributed by atoms with Crippen LogP contribution in [0.1, 0.15) is 23.2 Å². The average Bonchev–Trinajstić information content (AvgIpc) is 2.77. The highest BCUT2D eigenvalue weighted by molar-refractivity contribution is 6.30. The molecule has 0 atom stereocenters. The first kappa shape index (κ1) is 14.3. The number of anilines is 1. The second kappa shape index (κ2) is 5.50. The zero-order valence-corrected chi connectivity index (χ0v) is 11.7. The summed E-state index contributed by atoms with van der Waals surface area (Å²) in [5, 5.41) is 0.358. The van der Waals surface area contributed by atoms with E-state index in [4.69, 9.17) is 17.3 Å². The van der Waals surface area contributed by atoms with Gasteiger partial charge in [0.15, 0.2) is 5.69 Å². The van der Waals surface area contributed by atoms with Gasteiger partial charge in [-0.1, -0.05) is 18.5 Å². The monoisotopic (exact) mass is 297 g/mol. The lowest BCUT2D eigenvalue weighted by molar-refractivity contribution is 0.0595. The van der Waals surface area contributed by atoms with Crippen LogP contribution in [0.3, 0.4) is 0 Å². The Kier molecular flexibility index (Phi) is 3.94. The van der Waals surface area contributed by atoms with Crippen molar-refractivity contribution in [3.8, 4) is 5.69 Å². The van der Waals surface area contributed by atoms with Gasteiger partial charge < -0.3 is 10.5 Å². The molecule has 0 unspecified atom stereocenters. The number of methoxy groups -OCH3 is 1. The molecule has 5 nitrogen and oxygen atoms in total. The standard InChI is InChI=1S/C13H13ClFN3O2/c1-3-10-17-11(13(19)20-2)12(16)18(10)9-6-7(14)4-5-8(9)15/h4-6H,3,16H2,1-2H3. The van der Waals surface area contributed by atoms with Crippen molar-refractivity contribution in [2.24, 2.45) is 0 Å². The van der Waals surface area contributed by atoms with Crippen LogP contribution in [0.2, 0.25) is 5.02 Å². The molecule has 1 heterocycles. The fourth-order valence-corrected chi connectivity index (χ4v) is 2.06. The van der Waals surface area contributed by atoms with Crippen LogP contribution in [0, 0.1) is 5.82 Å². The molecule has 0 spiro atoms. The third kappa shape index (κ3) is 2.34. The minimum Gasteiger partial charge on any atom is -0.464 e. The Bertz CT molecular complexity index is 670. The summed E-state index contributed by atoms with van der Waals surface area (Å²) in [6.45, 7) is 1.82. The highest BCUT2D eigenvalue weighted by Crippen LogP contribution is 2.26. The molecule has 0 aliphatic rings. The Labute approximate surface area is 120 Å². The molecule has 2 N–H and O–H groups in total. The molecular weight excluding hydrogens is 285 g/mol. The highest BCUT2D eigenvalue weighted by Gasteiger charge is 2.22. The van der Waals surface area contributed by atoms with Crippen molar-refractivity contribution in [3.05, 3.63) is 40.6 Å². The number of aryl methyl sites for hydroxylation is 1. The molecule has 2 aromatic rings. The number of carbonyl (C=O) groups excluding carboxylic acids is 1. The number of carbonyl (C=O) groups is 1. The van der Waals surface area contributed by atoms with E-state index in [0.29, 0.717) is 17.3 Å². The Morgan fingerprint density at radius 1 is 1.55 bits per heavy atom. The third-order valence-electron chi connectivity index (χ3n) is 2.83. The van der Waals surface area contributed by atoms with E-state index >= 15 is 0 Å². The first-order valence-corrected chi connectivity index (χ1v) is 6.28. The van der Waals surface area contributed by atoms with E-state index in [0.717, 1.165) is 0 Å². The summed E-state index contributed by atoms with van der Waals surface area (Å²) < 4.78 is 19.9. The first-order valence-electron chi connectivity index (χ1n) is 5.90. The van der Waals surface area contributed by atoms with Crippen molar-refractivity contribution >= 4 is 23.4 Å². The number of nitrogens with two attached hydrogens (primary N) is 1. The molecule has 20 heavy (non-hydrogen) atoms. The molecule has 0 aliphatic carbocycles. The maximum atomic E-state index is 14.0. The van der Waals surface area contributed by atoms with Gasteiger partial charge in [0.05, 0.1) is 12.8 Å². The second-order valence-electron chi connectivity index (χ2n) is 4.04. The van der Waals surface area contributed by atoms with Gasteiger partial charge in [0.1, 0.15) is 17.5 Å². The number of rotatable bonds is 3. The molecule has 106 valence electrons. The van der Waals surface area contributed by atoms with Crippen LogP contribution in [0.15, 0.2) is 18.2 Å². The average molecular weight is 298 g/mol. The number of benzene rings is 1. The van der Waals surface area contributed by atoms with Crippen LogP contribution in [0.4, 0.5) is 10.2 Å². The molecule has 0 bridgehead atoms. The molecule has 1 aromatic carbocycles. The number of nitrogen functional groups attached to an aromatic ring is 1. The van der Waals surface area contributed by atoms with E-state index in [-0.39, 0.29) is 17.2 Å². The lowest BCUT2D eigenvalue weighted by atomic mass is 10.3. The smallest absolute Gasteiger partial charge is 0.360 e. The van der Waals surface area contributed by atoms with Crippen molar-refractivity contribution < 1.29 is 13.9 Å². The van der Waals surface area contributed by atoms with E-state index in [9.17, 15) is 9.18 Å². The van der Waals surface area contributed by atoms with E-state index in [1.54, 1.807) is 0 Å². The van der Waals surface area contributed by atoms with Crippen LogP contribution in [0.5, 0.6) is 0 Å². The summed E-state index contributed by atoms with van der Waals surface area (Å²) >= 11 is 5.88. The first-order chi connectivity index (χ1) is 9.49. The van der Waals surface area contributed by atoms with Gasteiger partial charge in [0.25, 0.3) is 0 Å². The second-order valence-corrected chi connectivity index (χ2v) is 4.47. The van der Waals surface area contributed by atoms with Gasteiger partial charge in [0.2, 0.25) is 0 Å². The van der Waals surface area contributed by atoms with Gasteiger partial charge in [-0.3, -0.25) is 4.57 Å². The van der Waals surface area contributed by atoms with E-state index in [1.807, 2.05) is 6.92 Å². The molecule has 0 fully saturated rings. The molecule has 0 aliphatic heterocycles. The highest BCUT2D eigenvalue weighted by atomic mass is 35.5. The Morgan fingerprint density at radius 2 is 2.25 bits per heavy atom. The number of aromatic nitrogens is 2. The van der Waals surface area contributed by atoms with Crippen LogP contribution in [-0.4, -0.2) is 22.6 Å². The fraction of sp³-hybridized carbons (Fsp3) is 0.231. The van der Waals surface area contributed by atoms with Crippen molar-refractivity contribution in [1.29, 1.82) is 0 Å². The normalized spacial score (nSPS) is 10.6. The van der Waals surface area contributed by atoms with Crippen molar-refractivity contribution in [2.75, 3.05) is 12.8 Å². The van der Waals surface area contributed by atoms with Gasteiger partial charge >= 0.3 is 5.97 Å². The molecule has 2 rings (SSSR count). The Balaban J connectivity index is 2.70. The van der Waals surface area contributed by atoms with Crippen molar-refractivity contribution in [1.82, 2.24) is 9.55 Å². The summed E-state index contributed by atoms with van der Waals surface area (Å²) in [7, 11) is 1.23. The molecule has 1 aromatic heterocycles. The van der Waals surface area contributed by atoms with Gasteiger partial charge in [-0.15, -0.1) is 0 Å². The predicted molar refractivity (Wildman–Crippen MR) is 73.7 cm³/mol. The summed E-state index contributed by atoms with van der Waals surface area (Å²) in [5.74, 6) is -0.707. The van der Waals surface area contributed by atoms with E-state index < -0.39 is 11.8 Å². The topological polar surface area (TPSA) is 70.1 Å². The zero-order valence-electron chi connectivity index (χ0n) is 11.0. The molecule has 7 heteroatoms. The number of halogens is 2. The number of hydrogen-bond donors (Lipinski definition) is 1. The summed E-state index contributed by atoms with van der Waals surface area (Å²) in [5.41, 5.74) is 6.01. The Hall–Kier alpha value is -2.08. The summed E-state index contributed by atoms with van der Waals surface area (Å²) in [6.07, 6.45) is 0.465. The lowest BCUT2D eigenvalue weighted by Gasteiger charge is -2.10. The minimum absolute atomic E-state index is 0.0230. The summed E-state index contributed by atoms with van der Waals surface area (Å²) in [6, 6.07) is 4.09. The fourth-order valence-electron chi connectivity index (χ4n) is 1.89. The maximum Gasteiger partial charge on any atom is 0.360 e. The van der Waals surface area contributed by atoms with Gasteiger partial charge in [0, 0.05) is 11.4 Å². The van der Waals surface area contributed by atoms with Gasteiger partial charge in [-0.05, 0) is 18.2 Å². The predicted octanol–water partition coefficient (Wildman–Crippen LogP) is 2.60. The number of nitrogens with zero attached hydrogens (tertiary/aromatic N) is 2. The van der Waals surface area contributed by atoms with E-state index in [1.165, 1.54) is 29.9 Å². The van der Waals surface area contributed by atoms with Crippen LogP contribution >= 0.6 is 11.6 Å². The number of imidazole rings is 1. The molecule has 0 saturated carbocycles. The zero-order chi connectivity index (χ0) is 14.9. The summed E-state index contributed by atoms with van der Waals surface area (Å²) in [4.78, 5) is 15.7.